The predicted molar refractivity (Wildman–Crippen MR) is 128 cm³/mol. The van der Waals surface area contributed by atoms with Crippen LogP contribution < -0.4 is 9.80 Å². The van der Waals surface area contributed by atoms with Crippen LogP contribution in [0.4, 0.5) is 11.4 Å². The number of hydrogen-bond donors (Lipinski definition) is 0. The van der Waals surface area contributed by atoms with Crippen LogP contribution in [0.2, 0.25) is 5.02 Å². The number of aryl methyl sites for hydroxylation is 1. The number of para-hydroxylation sites is 1. The molecule has 0 fully saturated rings. The predicted octanol–water partition coefficient (Wildman–Crippen LogP) is 6.63. The number of anilines is 2. The third-order valence-electron chi connectivity index (χ3n) is 5.72. The molecule has 2 aromatic carbocycles. The number of benzene rings is 2. The molecule has 0 N–H and O–H groups in total. The number of hydrogen-bond acceptors (Lipinski definition) is 3. The van der Waals surface area contributed by atoms with E-state index in [4.69, 9.17) is 11.6 Å². The molecule has 4 rings (SSSR count). The zero-order valence-electron chi connectivity index (χ0n) is 17.8. The molecule has 1 aliphatic rings. The van der Waals surface area contributed by atoms with Gasteiger partial charge in [0.2, 0.25) is 5.91 Å². The average molecular weight is 453 g/mol. The minimum Gasteiger partial charge on any atom is -0.305 e. The summed E-state index contributed by atoms with van der Waals surface area (Å²) in [5, 5.41) is 0.632. The molecule has 31 heavy (non-hydrogen) atoms. The maximum Gasteiger partial charge on any atom is 0.268 e. The SMILES string of the molecule is CCC(=O)N(c1ccc(Cl)cc1)[C@@H]1C[C@H](C)N(C(=O)c2ccc(C)s2)c2ccccc21. The highest BCUT2D eigenvalue weighted by Gasteiger charge is 2.38. The molecular formula is C25H25ClN2O2S. The maximum atomic E-state index is 13.4. The van der Waals surface area contributed by atoms with Gasteiger partial charge >= 0.3 is 0 Å². The molecule has 0 radical (unpaired) electrons. The number of amides is 2. The lowest BCUT2D eigenvalue weighted by molar-refractivity contribution is -0.118. The molecule has 0 bridgehead atoms. The van der Waals surface area contributed by atoms with Gasteiger partial charge in [0.25, 0.3) is 5.91 Å². The summed E-state index contributed by atoms with van der Waals surface area (Å²) in [6.45, 7) is 5.93. The largest absolute Gasteiger partial charge is 0.305 e. The van der Waals surface area contributed by atoms with Crippen LogP contribution >= 0.6 is 22.9 Å². The van der Waals surface area contributed by atoms with Gasteiger partial charge in [-0.15, -0.1) is 11.3 Å². The fraction of sp³-hybridized carbons (Fsp3) is 0.280. The summed E-state index contributed by atoms with van der Waals surface area (Å²) in [4.78, 5) is 32.1. The van der Waals surface area contributed by atoms with Crippen LogP contribution in [0.15, 0.2) is 60.7 Å². The Labute approximate surface area is 192 Å². The van der Waals surface area contributed by atoms with E-state index in [2.05, 4.69) is 6.92 Å². The Morgan fingerprint density at radius 3 is 2.45 bits per heavy atom. The molecule has 2 amide bonds. The number of rotatable bonds is 4. The van der Waals surface area contributed by atoms with E-state index in [9.17, 15) is 9.59 Å². The third-order valence-corrected chi connectivity index (χ3v) is 6.96. The van der Waals surface area contributed by atoms with Crippen LogP contribution in [0.5, 0.6) is 0 Å². The zero-order chi connectivity index (χ0) is 22.1. The smallest absolute Gasteiger partial charge is 0.268 e. The topological polar surface area (TPSA) is 40.6 Å². The number of fused-ring (bicyclic) bond motifs is 1. The van der Waals surface area contributed by atoms with E-state index in [-0.39, 0.29) is 23.9 Å². The molecular weight excluding hydrogens is 428 g/mol. The first-order valence-electron chi connectivity index (χ1n) is 10.5. The van der Waals surface area contributed by atoms with Crippen LogP contribution in [-0.2, 0) is 4.79 Å². The van der Waals surface area contributed by atoms with Crippen LogP contribution in [0.1, 0.15) is 52.8 Å². The van der Waals surface area contributed by atoms with Gasteiger partial charge in [0.05, 0.1) is 10.9 Å². The monoisotopic (exact) mass is 452 g/mol. The Kier molecular flexibility index (Phi) is 6.17. The molecule has 0 aliphatic carbocycles. The first-order chi connectivity index (χ1) is 14.9. The van der Waals surface area contributed by atoms with Gasteiger partial charge in [0.1, 0.15) is 0 Å². The van der Waals surface area contributed by atoms with Crippen molar-refractivity contribution < 1.29 is 9.59 Å². The second kappa shape index (κ2) is 8.85. The fourth-order valence-corrected chi connectivity index (χ4v) is 5.20. The van der Waals surface area contributed by atoms with Crippen LogP contribution in [0, 0.1) is 6.92 Å². The molecule has 160 valence electrons. The number of thiophene rings is 1. The van der Waals surface area contributed by atoms with Crippen LogP contribution in [0.3, 0.4) is 0 Å². The molecule has 6 heteroatoms. The molecule has 1 aromatic heterocycles. The lowest BCUT2D eigenvalue weighted by atomic mass is 9.89. The van der Waals surface area contributed by atoms with Crippen molar-refractivity contribution in [3.63, 3.8) is 0 Å². The summed E-state index contributed by atoms with van der Waals surface area (Å²) >= 11 is 7.60. The fourth-order valence-electron chi connectivity index (χ4n) is 4.27. The number of carbonyl (C=O) groups is 2. The Morgan fingerprint density at radius 1 is 1.10 bits per heavy atom. The maximum absolute atomic E-state index is 13.4. The molecule has 2 heterocycles. The van der Waals surface area contributed by atoms with Crippen molar-refractivity contribution in [1.82, 2.24) is 0 Å². The lowest BCUT2D eigenvalue weighted by Gasteiger charge is -2.43. The van der Waals surface area contributed by atoms with Crippen LogP contribution in [-0.4, -0.2) is 17.9 Å². The van der Waals surface area contributed by atoms with E-state index in [1.165, 1.54) is 11.3 Å². The molecule has 0 unspecified atom stereocenters. The first kappa shape index (κ1) is 21.6. The number of halogens is 1. The van der Waals surface area contributed by atoms with E-state index in [0.29, 0.717) is 17.9 Å². The standard InChI is InChI=1S/C25H25ClN2O2S/c1-4-24(29)28(19-12-10-18(26)11-13-19)22-15-16(2)27(21-8-6-5-7-20(21)22)25(30)23-14-9-17(3)31-23/h5-14,16,22H,4,15H2,1-3H3/t16-,22+/m0/s1. The van der Waals surface area contributed by atoms with Gasteiger partial charge < -0.3 is 9.80 Å². The van der Waals surface area contributed by atoms with Gasteiger partial charge in [-0.1, -0.05) is 36.7 Å². The van der Waals surface area contributed by atoms with E-state index in [0.717, 1.165) is 26.7 Å². The van der Waals surface area contributed by atoms with Crippen molar-refractivity contribution >= 4 is 46.1 Å². The lowest BCUT2D eigenvalue weighted by Crippen LogP contribution is -2.47. The molecule has 2 atom stereocenters. The molecule has 4 nitrogen and oxygen atoms in total. The van der Waals surface area contributed by atoms with Crippen molar-refractivity contribution in [2.45, 2.75) is 45.7 Å². The Balaban J connectivity index is 1.79. The summed E-state index contributed by atoms with van der Waals surface area (Å²) in [7, 11) is 0. The van der Waals surface area contributed by atoms with Crippen molar-refractivity contribution in [3.8, 4) is 0 Å². The number of carbonyl (C=O) groups excluding carboxylic acids is 2. The summed E-state index contributed by atoms with van der Waals surface area (Å²) in [6, 6.07) is 18.9. The molecule has 0 saturated heterocycles. The summed E-state index contributed by atoms with van der Waals surface area (Å²) in [5.41, 5.74) is 2.67. The van der Waals surface area contributed by atoms with Gasteiger partial charge in [-0.2, -0.15) is 0 Å². The van der Waals surface area contributed by atoms with E-state index >= 15 is 0 Å². The summed E-state index contributed by atoms with van der Waals surface area (Å²) in [5.74, 6) is 0.0549. The van der Waals surface area contributed by atoms with Gasteiger partial charge in [0.15, 0.2) is 0 Å². The molecule has 3 aromatic rings. The van der Waals surface area contributed by atoms with Crippen molar-refractivity contribution in [2.24, 2.45) is 0 Å². The van der Waals surface area contributed by atoms with Crippen molar-refractivity contribution in [1.29, 1.82) is 0 Å². The zero-order valence-corrected chi connectivity index (χ0v) is 19.4. The third kappa shape index (κ3) is 4.12. The Bertz CT molecular complexity index is 1110. The first-order valence-corrected chi connectivity index (χ1v) is 11.7. The van der Waals surface area contributed by atoms with Crippen molar-refractivity contribution in [3.05, 3.63) is 81.0 Å². The second-order valence-corrected chi connectivity index (χ2v) is 9.56. The minimum absolute atomic E-state index is 0.0105. The Morgan fingerprint density at radius 2 is 1.81 bits per heavy atom. The number of nitrogens with zero attached hydrogens (tertiary/aromatic N) is 2. The van der Waals surface area contributed by atoms with Gasteiger partial charge in [0, 0.05) is 33.7 Å². The highest BCUT2D eigenvalue weighted by atomic mass is 35.5. The van der Waals surface area contributed by atoms with Crippen LogP contribution in [0.25, 0.3) is 0 Å². The van der Waals surface area contributed by atoms with Gasteiger partial charge in [-0.05, 0) is 68.3 Å². The van der Waals surface area contributed by atoms with Crippen molar-refractivity contribution in [2.75, 3.05) is 9.80 Å². The Hall–Kier alpha value is -2.63. The minimum atomic E-state index is -0.158. The van der Waals surface area contributed by atoms with E-state index in [1.807, 2.05) is 72.2 Å². The average Bonchev–Trinajstić information content (AvgIpc) is 3.21. The second-order valence-electron chi connectivity index (χ2n) is 7.84. The highest BCUT2D eigenvalue weighted by molar-refractivity contribution is 7.14. The van der Waals surface area contributed by atoms with E-state index < -0.39 is 0 Å². The molecule has 1 aliphatic heterocycles. The van der Waals surface area contributed by atoms with Gasteiger partial charge in [-0.25, -0.2) is 0 Å². The summed E-state index contributed by atoms with van der Waals surface area (Å²) < 4.78 is 0. The molecule has 0 saturated carbocycles. The quantitative estimate of drug-likeness (QED) is 0.445. The highest BCUT2D eigenvalue weighted by Crippen LogP contribution is 2.43. The normalized spacial score (nSPS) is 17.9. The summed E-state index contributed by atoms with van der Waals surface area (Å²) in [6.07, 6.45) is 1.05. The molecule has 0 spiro atoms. The van der Waals surface area contributed by atoms with E-state index in [1.54, 1.807) is 12.1 Å². The van der Waals surface area contributed by atoms with Gasteiger partial charge in [-0.3, -0.25) is 9.59 Å².